The highest BCUT2D eigenvalue weighted by molar-refractivity contribution is 7.92. The Morgan fingerprint density at radius 3 is 2.12 bits per heavy atom. The lowest BCUT2D eigenvalue weighted by Gasteiger charge is -2.34. The first kappa shape index (κ1) is 33.5. The zero-order valence-electron chi connectivity index (χ0n) is 26.1. The molecule has 0 unspecified atom stereocenters. The Kier molecular flexibility index (Phi) is 11.6. The number of carbonyl (C=O) groups is 2. The third-order valence-corrected chi connectivity index (χ3v) is 9.15. The van der Waals surface area contributed by atoms with Crippen LogP contribution in [0.3, 0.4) is 0 Å². The molecule has 0 aliphatic carbocycles. The smallest absolute Gasteiger partial charge is 0.264 e. The highest BCUT2D eigenvalue weighted by atomic mass is 32.2. The van der Waals surface area contributed by atoms with Crippen LogP contribution in [0, 0.1) is 13.8 Å². The fourth-order valence-corrected chi connectivity index (χ4v) is 6.12. The Bertz CT molecular complexity index is 1510. The number of benzene rings is 3. The molecule has 232 valence electrons. The average Bonchev–Trinajstić information content (AvgIpc) is 2.99. The monoisotopic (exact) mass is 609 g/mol. The number of carbonyl (C=O) groups excluding carboxylic acids is 2. The Labute approximate surface area is 255 Å². The van der Waals surface area contributed by atoms with Gasteiger partial charge < -0.3 is 19.7 Å². The van der Waals surface area contributed by atoms with Crippen molar-refractivity contribution in [1.29, 1.82) is 0 Å². The summed E-state index contributed by atoms with van der Waals surface area (Å²) in [5.41, 5.74) is 2.97. The molecule has 0 saturated carbocycles. The van der Waals surface area contributed by atoms with E-state index in [2.05, 4.69) is 5.32 Å². The van der Waals surface area contributed by atoms with Crippen LogP contribution in [-0.2, 0) is 26.2 Å². The van der Waals surface area contributed by atoms with E-state index in [9.17, 15) is 18.0 Å². The molecule has 0 bridgehead atoms. The van der Waals surface area contributed by atoms with E-state index in [1.807, 2.05) is 58.9 Å². The van der Waals surface area contributed by atoms with Gasteiger partial charge in [0.1, 0.15) is 12.6 Å². The van der Waals surface area contributed by atoms with Crippen molar-refractivity contribution < 1.29 is 27.5 Å². The zero-order valence-corrected chi connectivity index (χ0v) is 26.9. The fourth-order valence-electron chi connectivity index (χ4n) is 4.71. The summed E-state index contributed by atoms with van der Waals surface area (Å²) in [7, 11) is -1.27. The van der Waals surface area contributed by atoms with Crippen LogP contribution in [0.25, 0.3) is 0 Å². The highest BCUT2D eigenvalue weighted by Gasteiger charge is 2.34. The lowest BCUT2D eigenvalue weighted by molar-refractivity contribution is -0.140. The molecule has 3 aromatic rings. The molecular weight excluding hydrogens is 566 g/mol. The van der Waals surface area contributed by atoms with Gasteiger partial charge in [-0.15, -0.1) is 0 Å². The molecule has 0 aliphatic rings. The third-order valence-electron chi connectivity index (χ3n) is 7.37. The molecule has 3 rings (SSSR count). The van der Waals surface area contributed by atoms with Crippen LogP contribution in [0.4, 0.5) is 5.69 Å². The topological polar surface area (TPSA) is 105 Å². The van der Waals surface area contributed by atoms with Crippen LogP contribution >= 0.6 is 0 Å². The predicted octanol–water partition coefficient (Wildman–Crippen LogP) is 5.24. The van der Waals surface area contributed by atoms with Crippen LogP contribution in [0.1, 0.15) is 50.3 Å². The van der Waals surface area contributed by atoms with Crippen LogP contribution in [0.2, 0.25) is 0 Å². The molecule has 0 fully saturated rings. The molecule has 0 heterocycles. The number of ether oxygens (including phenoxy) is 2. The van der Waals surface area contributed by atoms with Gasteiger partial charge in [-0.05, 0) is 63.4 Å². The molecule has 0 radical (unpaired) electrons. The first-order valence-electron chi connectivity index (χ1n) is 14.4. The molecule has 43 heavy (non-hydrogen) atoms. The van der Waals surface area contributed by atoms with E-state index in [0.29, 0.717) is 17.9 Å². The van der Waals surface area contributed by atoms with Crippen molar-refractivity contribution in [3.63, 3.8) is 0 Å². The number of sulfonamides is 1. The number of aryl methyl sites for hydroxylation is 2. The highest BCUT2D eigenvalue weighted by Crippen LogP contribution is 2.34. The quantitative estimate of drug-likeness (QED) is 0.268. The van der Waals surface area contributed by atoms with Crippen molar-refractivity contribution in [3.05, 3.63) is 83.4 Å². The Morgan fingerprint density at radius 1 is 0.860 bits per heavy atom. The second kappa shape index (κ2) is 14.9. The van der Waals surface area contributed by atoms with Crippen molar-refractivity contribution in [3.8, 4) is 11.5 Å². The fraction of sp³-hybridized carbons (Fsp3) is 0.394. The Balaban J connectivity index is 2.12. The van der Waals surface area contributed by atoms with Gasteiger partial charge >= 0.3 is 0 Å². The van der Waals surface area contributed by atoms with Gasteiger partial charge in [0, 0.05) is 18.7 Å². The van der Waals surface area contributed by atoms with E-state index in [1.54, 1.807) is 24.3 Å². The van der Waals surface area contributed by atoms with Crippen molar-refractivity contribution >= 4 is 27.5 Å². The number of amides is 2. The number of nitrogens with one attached hydrogen (secondary N) is 1. The van der Waals surface area contributed by atoms with E-state index < -0.39 is 28.5 Å². The number of hydrogen-bond donors (Lipinski definition) is 1. The Hall–Kier alpha value is -4.05. The molecule has 2 atom stereocenters. The predicted molar refractivity (Wildman–Crippen MR) is 169 cm³/mol. The standard InChI is InChI=1S/C33H43N3O6S/c1-8-25(5)34-33(38)29(9-2)35(21-26-12-10-11-24(4)19-26)32(37)22-36(27-15-18-30(41-6)31(20-27)42-7)43(39,40)28-16-13-23(3)14-17-28/h10-20,25,29H,8-9,21-22H2,1-7H3,(H,34,38)/t25-,29+/m0/s1. The molecule has 1 N–H and O–H groups in total. The van der Waals surface area contributed by atoms with Crippen molar-refractivity contribution in [2.24, 2.45) is 0 Å². The summed E-state index contributed by atoms with van der Waals surface area (Å²) >= 11 is 0. The van der Waals surface area contributed by atoms with Crippen molar-refractivity contribution in [2.45, 2.75) is 71.0 Å². The minimum Gasteiger partial charge on any atom is -0.493 e. The van der Waals surface area contributed by atoms with Crippen LogP contribution < -0.4 is 19.1 Å². The molecule has 10 heteroatoms. The van der Waals surface area contributed by atoms with E-state index in [0.717, 1.165) is 27.4 Å². The van der Waals surface area contributed by atoms with E-state index in [4.69, 9.17) is 9.47 Å². The number of anilines is 1. The van der Waals surface area contributed by atoms with Gasteiger partial charge in [-0.1, -0.05) is 61.4 Å². The van der Waals surface area contributed by atoms with Crippen molar-refractivity contribution in [1.82, 2.24) is 10.2 Å². The maximum absolute atomic E-state index is 14.3. The van der Waals surface area contributed by atoms with Gasteiger partial charge in [0.15, 0.2) is 11.5 Å². The normalized spacial score (nSPS) is 12.6. The van der Waals surface area contributed by atoms with Gasteiger partial charge in [0.2, 0.25) is 11.8 Å². The summed E-state index contributed by atoms with van der Waals surface area (Å²) in [5.74, 6) is -0.0679. The maximum Gasteiger partial charge on any atom is 0.264 e. The number of hydrogen-bond acceptors (Lipinski definition) is 6. The molecule has 0 saturated heterocycles. The van der Waals surface area contributed by atoms with Crippen molar-refractivity contribution in [2.75, 3.05) is 25.1 Å². The molecule has 2 amide bonds. The number of methoxy groups -OCH3 is 2. The first-order chi connectivity index (χ1) is 20.4. The van der Waals surface area contributed by atoms with Crippen LogP contribution in [0.5, 0.6) is 11.5 Å². The number of rotatable bonds is 14. The lowest BCUT2D eigenvalue weighted by Crippen LogP contribution is -2.53. The zero-order chi connectivity index (χ0) is 31.7. The minimum atomic E-state index is -4.21. The summed E-state index contributed by atoms with van der Waals surface area (Å²) in [4.78, 5) is 29.2. The van der Waals surface area contributed by atoms with E-state index >= 15 is 0 Å². The van der Waals surface area contributed by atoms with E-state index in [1.165, 1.54) is 37.3 Å². The molecule has 0 aliphatic heterocycles. The number of nitrogens with zero attached hydrogens (tertiary/aromatic N) is 2. The van der Waals surface area contributed by atoms with Gasteiger partial charge in [0.05, 0.1) is 24.8 Å². The largest absolute Gasteiger partial charge is 0.493 e. The first-order valence-corrected chi connectivity index (χ1v) is 15.9. The SMILES string of the molecule is CC[C@H](C(=O)N[C@@H](C)CC)N(Cc1cccc(C)c1)C(=O)CN(c1ccc(OC)c(OC)c1)S(=O)(=O)c1ccc(C)cc1. The van der Waals surface area contributed by atoms with Crippen LogP contribution in [-0.4, -0.2) is 58.0 Å². The molecule has 3 aromatic carbocycles. The summed E-state index contributed by atoms with van der Waals surface area (Å²) in [6, 6.07) is 17.9. The van der Waals surface area contributed by atoms with Crippen LogP contribution in [0.15, 0.2) is 71.6 Å². The molecule has 0 aromatic heterocycles. The molecule has 9 nitrogen and oxygen atoms in total. The minimum absolute atomic E-state index is 0.0347. The van der Waals surface area contributed by atoms with E-state index in [-0.39, 0.29) is 29.1 Å². The summed E-state index contributed by atoms with van der Waals surface area (Å²) < 4.78 is 40.1. The summed E-state index contributed by atoms with van der Waals surface area (Å²) in [6.07, 6.45) is 1.08. The van der Waals surface area contributed by atoms with Gasteiger partial charge in [0.25, 0.3) is 10.0 Å². The lowest BCUT2D eigenvalue weighted by atomic mass is 10.1. The van der Waals surface area contributed by atoms with Gasteiger partial charge in [-0.3, -0.25) is 13.9 Å². The van der Waals surface area contributed by atoms with Gasteiger partial charge in [-0.25, -0.2) is 8.42 Å². The maximum atomic E-state index is 14.3. The summed E-state index contributed by atoms with van der Waals surface area (Å²) in [5, 5.41) is 2.99. The second-order valence-electron chi connectivity index (χ2n) is 10.6. The summed E-state index contributed by atoms with van der Waals surface area (Å²) in [6.45, 7) is 9.14. The Morgan fingerprint density at radius 2 is 1.53 bits per heavy atom. The molecule has 0 spiro atoms. The third kappa shape index (κ3) is 8.28. The van der Waals surface area contributed by atoms with Gasteiger partial charge in [-0.2, -0.15) is 0 Å². The average molecular weight is 610 g/mol. The second-order valence-corrected chi connectivity index (χ2v) is 12.5. The molecular formula is C33H43N3O6S.